The van der Waals surface area contributed by atoms with Crippen LogP contribution in [0.15, 0.2) is 9.81 Å². The van der Waals surface area contributed by atoms with Gasteiger partial charge in [0.25, 0.3) is 11.8 Å². The number of thioether (sulfide) groups is 2. The van der Waals surface area contributed by atoms with Crippen LogP contribution in [-0.2, 0) is 9.59 Å². The number of carbonyl (C=O) groups excluding carboxylic acids is 2. The average molecular weight is 217 g/mol. The molecule has 0 aromatic heterocycles. The molecule has 5 heteroatoms. The lowest BCUT2D eigenvalue weighted by Crippen LogP contribution is -2.22. The van der Waals surface area contributed by atoms with Gasteiger partial charge in [-0.15, -0.1) is 23.5 Å². The molecule has 1 N–H and O–H groups in total. The molecule has 1 rings (SSSR count). The first kappa shape index (κ1) is 10.7. The van der Waals surface area contributed by atoms with Crippen LogP contribution in [0.3, 0.4) is 0 Å². The second-order valence-corrected chi connectivity index (χ2v) is 4.86. The van der Waals surface area contributed by atoms with Crippen LogP contribution in [0, 0.1) is 0 Å². The fourth-order valence-corrected chi connectivity index (χ4v) is 2.72. The zero-order valence-electron chi connectivity index (χ0n) is 7.55. The van der Waals surface area contributed by atoms with E-state index in [0.29, 0.717) is 9.81 Å². The van der Waals surface area contributed by atoms with Crippen molar-refractivity contribution in [2.24, 2.45) is 0 Å². The zero-order valence-corrected chi connectivity index (χ0v) is 9.18. The normalized spacial score (nSPS) is 16.8. The maximum Gasteiger partial charge on any atom is 0.265 e. The monoisotopic (exact) mass is 217 g/mol. The zero-order chi connectivity index (χ0) is 9.84. The predicted molar refractivity (Wildman–Crippen MR) is 56.4 cm³/mol. The molecule has 0 fully saturated rings. The number of imide groups is 1. The van der Waals surface area contributed by atoms with E-state index >= 15 is 0 Å². The topological polar surface area (TPSA) is 46.2 Å². The molecule has 0 aliphatic carbocycles. The van der Waals surface area contributed by atoms with Crippen molar-refractivity contribution in [2.75, 3.05) is 11.5 Å². The summed E-state index contributed by atoms with van der Waals surface area (Å²) < 4.78 is 0. The highest BCUT2D eigenvalue weighted by molar-refractivity contribution is 8.08. The maximum absolute atomic E-state index is 11.2. The molecule has 0 atom stereocenters. The molecule has 2 amide bonds. The van der Waals surface area contributed by atoms with E-state index in [1.54, 1.807) is 0 Å². The molecule has 0 bridgehead atoms. The van der Waals surface area contributed by atoms with Crippen molar-refractivity contribution in [2.45, 2.75) is 13.8 Å². The van der Waals surface area contributed by atoms with Gasteiger partial charge in [-0.25, -0.2) is 0 Å². The Morgan fingerprint density at radius 2 is 1.38 bits per heavy atom. The molecule has 3 nitrogen and oxygen atoms in total. The highest BCUT2D eigenvalue weighted by Crippen LogP contribution is 2.31. The Kier molecular flexibility index (Phi) is 3.87. The summed E-state index contributed by atoms with van der Waals surface area (Å²) in [5.41, 5.74) is 0. The first-order valence-electron chi connectivity index (χ1n) is 4.06. The minimum atomic E-state index is -0.243. The molecule has 13 heavy (non-hydrogen) atoms. The van der Waals surface area contributed by atoms with Crippen molar-refractivity contribution < 1.29 is 9.59 Å². The Morgan fingerprint density at radius 3 is 1.69 bits per heavy atom. The molecule has 1 aliphatic heterocycles. The minimum absolute atomic E-state index is 0.243. The summed E-state index contributed by atoms with van der Waals surface area (Å²) in [6.07, 6.45) is 0. The van der Waals surface area contributed by atoms with Gasteiger partial charge in [0, 0.05) is 0 Å². The van der Waals surface area contributed by atoms with E-state index in [0.717, 1.165) is 11.5 Å². The number of hydrogen-bond acceptors (Lipinski definition) is 4. The lowest BCUT2D eigenvalue weighted by atomic mass is 10.5. The van der Waals surface area contributed by atoms with Crippen LogP contribution in [0.1, 0.15) is 13.8 Å². The van der Waals surface area contributed by atoms with E-state index in [-0.39, 0.29) is 11.8 Å². The van der Waals surface area contributed by atoms with Gasteiger partial charge in [-0.1, -0.05) is 13.8 Å². The van der Waals surface area contributed by atoms with Gasteiger partial charge in [-0.2, -0.15) is 0 Å². The lowest BCUT2D eigenvalue weighted by Gasteiger charge is -1.98. The quantitative estimate of drug-likeness (QED) is 0.722. The molecule has 0 aromatic rings. The Hall–Kier alpha value is -0.420. The number of hydrogen-bond donors (Lipinski definition) is 1. The fourth-order valence-electron chi connectivity index (χ4n) is 0.974. The van der Waals surface area contributed by atoms with Crippen LogP contribution in [0.5, 0.6) is 0 Å². The smallest absolute Gasteiger partial charge is 0.265 e. The van der Waals surface area contributed by atoms with Crippen LogP contribution >= 0.6 is 23.5 Å². The third kappa shape index (κ3) is 2.28. The van der Waals surface area contributed by atoms with Gasteiger partial charge in [0.05, 0.1) is 9.81 Å². The standard InChI is InChI=1S/C8H11NO2S2/c1-3-12-5-6(13-4-2)8(11)9-7(5)10/h3-4H2,1-2H3,(H,9,10,11). The molecule has 0 saturated carbocycles. The van der Waals surface area contributed by atoms with Gasteiger partial charge in [0.2, 0.25) is 0 Å². The van der Waals surface area contributed by atoms with Crippen LogP contribution < -0.4 is 5.32 Å². The Balaban J connectivity index is 2.88. The molecule has 0 aromatic carbocycles. The number of rotatable bonds is 4. The van der Waals surface area contributed by atoms with E-state index in [1.807, 2.05) is 13.8 Å². The third-order valence-corrected chi connectivity index (χ3v) is 3.49. The van der Waals surface area contributed by atoms with Crippen molar-refractivity contribution in [3.05, 3.63) is 9.81 Å². The molecule has 72 valence electrons. The predicted octanol–water partition coefficient (Wildman–Crippen LogP) is 1.36. The van der Waals surface area contributed by atoms with Crippen molar-refractivity contribution >= 4 is 35.3 Å². The van der Waals surface area contributed by atoms with E-state index < -0.39 is 0 Å². The summed E-state index contributed by atoms with van der Waals surface area (Å²) in [6, 6.07) is 0. The molecule has 0 saturated heterocycles. The number of amides is 2. The van der Waals surface area contributed by atoms with Gasteiger partial charge in [0.1, 0.15) is 0 Å². The molecular weight excluding hydrogens is 206 g/mol. The molecule has 1 heterocycles. The molecule has 0 spiro atoms. The van der Waals surface area contributed by atoms with Gasteiger partial charge >= 0.3 is 0 Å². The summed E-state index contributed by atoms with van der Waals surface area (Å²) in [4.78, 5) is 23.6. The lowest BCUT2D eigenvalue weighted by molar-refractivity contribution is -0.123. The third-order valence-electron chi connectivity index (χ3n) is 1.42. The van der Waals surface area contributed by atoms with Crippen LogP contribution in [-0.4, -0.2) is 23.3 Å². The van der Waals surface area contributed by atoms with Gasteiger partial charge in [0.15, 0.2) is 0 Å². The largest absolute Gasteiger partial charge is 0.287 e. The summed E-state index contributed by atoms with van der Waals surface area (Å²) in [5.74, 6) is 1.13. The molecule has 1 aliphatic rings. The van der Waals surface area contributed by atoms with E-state index in [2.05, 4.69) is 5.32 Å². The molecule has 0 radical (unpaired) electrons. The van der Waals surface area contributed by atoms with E-state index in [4.69, 9.17) is 0 Å². The Morgan fingerprint density at radius 1 is 1.00 bits per heavy atom. The number of nitrogens with one attached hydrogen (secondary N) is 1. The van der Waals surface area contributed by atoms with Crippen molar-refractivity contribution in [3.8, 4) is 0 Å². The Labute approximate surface area is 85.7 Å². The second kappa shape index (κ2) is 4.72. The molecule has 0 unspecified atom stereocenters. The number of carbonyl (C=O) groups is 2. The van der Waals surface area contributed by atoms with Crippen LogP contribution in [0.25, 0.3) is 0 Å². The van der Waals surface area contributed by atoms with Crippen molar-refractivity contribution in [3.63, 3.8) is 0 Å². The van der Waals surface area contributed by atoms with Crippen molar-refractivity contribution in [1.82, 2.24) is 5.32 Å². The van der Waals surface area contributed by atoms with Gasteiger partial charge in [-0.05, 0) is 11.5 Å². The maximum atomic E-state index is 11.2. The van der Waals surface area contributed by atoms with Gasteiger partial charge < -0.3 is 0 Å². The fraction of sp³-hybridized carbons (Fsp3) is 0.500. The highest BCUT2D eigenvalue weighted by atomic mass is 32.2. The van der Waals surface area contributed by atoms with Crippen LogP contribution in [0.4, 0.5) is 0 Å². The highest BCUT2D eigenvalue weighted by Gasteiger charge is 2.29. The average Bonchev–Trinajstić information content (AvgIpc) is 2.33. The molecular formula is C8H11NO2S2. The first-order valence-corrected chi connectivity index (χ1v) is 6.03. The van der Waals surface area contributed by atoms with Crippen LogP contribution in [0.2, 0.25) is 0 Å². The summed E-state index contributed by atoms with van der Waals surface area (Å²) >= 11 is 2.85. The Bertz CT molecular complexity index is 247. The summed E-state index contributed by atoms with van der Waals surface area (Å²) in [6.45, 7) is 3.92. The summed E-state index contributed by atoms with van der Waals surface area (Å²) in [5, 5.41) is 2.29. The minimum Gasteiger partial charge on any atom is -0.287 e. The summed E-state index contributed by atoms with van der Waals surface area (Å²) in [7, 11) is 0. The van der Waals surface area contributed by atoms with Crippen molar-refractivity contribution in [1.29, 1.82) is 0 Å². The van der Waals surface area contributed by atoms with E-state index in [9.17, 15) is 9.59 Å². The van der Waals surface area contributed by atoms with Gasteiger partial charge in [-0.3, -0.25) is 14.9 Å². The first-order chi connectivity index (χ1) is 6.20. The second-order valence-electron chi connectivity index (χ2n) is 2.31. The SMILES string of the molecule is CCSC1=C(SCC)C(=O)NC1=O. The van der Waals surface area contributed by atoms with E-state index in [1.165, 1.54) is 23.5 Å².